The fraction of sp³-hybridized carbons (Fsp3) is 0.538. The third-order valence-corrected chi connectivity index (χ3v) is 3.05. The molecular weight excluding hydrogens is 222 g/mol. The maximum atomic E-state index is 6.30. The highest BCUT2D eigenvalue weighted by molar-refractivity contribution is 6.31. The minimum Gasteiger partial charge on any atom is -0.496 e. The smallest absolute Gasteiger partial charge is 0.125 e. The molecule has 0 aromatic heterocycles. The van der Waals surface area contributed by atoms with Crippen LogP contribution in [0.25, 0.3) is 0 Å². The topological polar surface area (TPSA) is 35.2 Å². The average Bonchev–Trinajstić information content (AvgIpc) is 2.17. The van der Waals surface area contributed by atoms with Crippen molar-refractivity contribution in [1.29, 1.82) is 0 Å². The standard InChI is InChI=1S/C13H20ClNO/c1-8(2)12-10(5-6-15)13(16-4)9(3)7-11(12)14/h7-8H,5-6,15H2,1-4H3. The molecule has 0 spiro atoms. The van der Waals surface area contributed by atoms with E-state index in [2.05, 4.69) is 13.8 Å². The summed E-state index contributed by atoms with van der Waals surface area (Å²) in [4.78, 5) is 0. The van der Waals surface area contributed by atoms with Crippen LogP contribution in [0.3, 0.4) is 0 Å². The van der Waals surface area contributed by atoms with Crippen LogP contribution in [0.15, 0.2) is 6.07 Å². The molecule has 2 nitrogen and oxygen atoms in total. The van der Waals surface area contributed by atoms with E-state index in [1.54, 1.807) is 7.11 Å². The summed E-state index contributed by atoms with van der Waals surface area (Å²) in [5, 5.41) is 0.816. The Kier molecular flexibility index (Phi) is 4.63. The van der Waals surface area contributed by atoms with E-state index in [-0.39, 0.29) is 0 Å². The molecule has 0 aliphatic rings. The van der Waals surface area contributed by atoms with Gasteiger partial charge in [0.15, 0.2) is 0 Å². The highest BCUT2D eigenvalue weighted by Crippen LogP contribution is 2.36. The van der Waals surface area contributed by atoms with Gasteiger partial charge in [0, 0.05) is 10.6 Å². The van der Waals surface area contributed by atoms with Gasteiger partial charge in [0.05, 0.1) is 7.11 Å². The van der Waals surface area contributed by atoms with Crippen molar-refractivity contribution in [3.8, 4) is 5.75 Å². The fourth-order valence-corrected chi connectivity index (χ4v) is 2.63. The number of benzene rings is 1. The van der Waals surface area contributed by atoms with E-state index in [0.29, 0.717) is 12.5 Å². The van der Waals surface area contributed by atoms with Crippen LogP contribution in [0.2, 0.25) is 5.02 Å². The molecule has 0 saturated heterocycles. The lowest BCUT2D eigenvalue weighted by molar-refractivity contribution is 0.405. The Bertz CT molecular complexity index is 375. The van der Waals surface area contributed by atoms with E-state index in [9.17, 15) is 0 Å². The minimum absolute atomic E-state index is 0.378. The van der Waals surface area contributed by atoms with E-state index in [1.165, 1.54) is 0 Å². The Morgan fingerprint density at radius 2 is 2.06 bits per heavy atom. The largest absolute Gasteiger partial charge is 0.496 e. The number of nitrogens with two attached hydrogens (primary N) is 1. The highest BCUT2D eigenvalue weighted by atomic mass is 35.5. The molecule has 0 aliphatic carbocycles. The van der Waals surface area contributed by atoms with Crippen LogP contribution in [-0.4, -0.2) is 13.7 Å². The molecule has 0 bridgehead atoms. The van der Waals surface area contributed by atoms with Crippen molar-refractivity contribution in [2.24, 2.45) is 5.73 Å². The molecule has 0 radical (unpaired) electrons. The predicted molar refractivity (Wildman–Crippen MR) is 69.6 cm³/mol. The summed E-state index contributed by atoms with van der Waals surface area (Å²) in [5.41, 5.74) is 9.04. The van der Waals surface area contributed by atoms with E-state index in [4.69, 9.17) is 22.1 Å². The van der Waals surface area contributed by atoms with Gasteiger partial charge in [-0.2, -0.15) is 0 Å². The third kappa shape index (κ3) is 2.50. The number of aryl methyl sites for hydroxylation is 1. The van der Waals surface area contributed by atoms with Gasteiger partial charge in [0.25, 0.3) is 0 Å². The zero-order valence-corrected chi connectivity index (χ0v) is 11.2. The quantitative estimate of drug-likeness (QED) is 0.878. The molecular formula is C13H20ClNO. The van der Waals surface area contributed by atoms with Crippen molar-refractivity contribution >= 4 is 11.6 Å². The maximum absolute atomic E-state index is 6.30. The van der Waals surface area contributed by atoms with E-state index >= 15 is 0 Å². The number of hydrogen-bond donors (Lipinski definition) is 1. The first kappa shape index (κ1) is 13.3. The van der Waals surface area contributed by atoms with Crippen molar-refractivity contribution in [3.05, 3.63) is 27.8 Å². The van der Waals surface area contributed by atoms with Gasteiger partial charge in [-0.05, 0) is 43.0 Å². The van der Waals surface area contributed by atoms with Gasteiger partial charge in [-0.1, -0.05) is 25.4 Å². The molecule has 0 unspecified atom stereocenters. The Hall–Kier alpha value is -0.730. The Labute approximate surface area is 103 Å². The van der Waals surface area contributed by atoms with Crippen molar-refractivity contribution < 1.29 is 4.74 Å². The lowest BCUT2D eigenvalue weighted by Crippen LogP contribution is -2.09. The summed E-state index contributed by atoms with van der Waals surface area (Å²) in [7, 11) is 1.69. The molecule has 0 saturated carbocycles. The first-order valence-corrected chi connectivity index (χ1v) is 5.96. The molecule has 0 aliphatic heterocycles. The molecule has 16 heavy (non-hydrogen) atoms. The second-order valence-electron chi connectivity index (χ2n) is 4.29. The lowest BCUT2D eigenvalue weighted by atomic mass is 9.92. The highest BCUT2D eigenvalue weighted by Gasteiger charge is 2.17. The number of methoxy groups -OCH3 is 1. The number of halogens is 1. The molecule has 0 fully saturated rings. The third-order valence-electron chi connectivity index (χ3n) is 2.73. The zero-order chi connectivity index (χ0) is 12.3. The van der Waals surface area contributed by atoms with Gasteiger partial charge >= 0.3 is 0 Å². The van der Waals surface area contributed by atoms with Crippen molar-refractivity contribution in [2.45, 2.75) is 33.1 Å². The summed E-state index contributed by atoms with van der Waals surface area (Å²) >= 11 is 6.30. The SMILES string of the molecule is COc1c(C)cc(Cl)c(C(C)C)c1CCN. The molecule has 1 rings (SSSR count). The van der Waals surface area contributed by atoms with Crippen LogP contribution in [0.1, 0.15) is 36.5 Å². The van der Waals surface area contributed by atoms with Crippen LogP contribution in [0.4, 0.5) is 0 Å². The van der Waals surface area contributed by atoms with Crippen LogP contribution >= 0.6 is 11.6 Å². The minimum atomic E-state index is 0.378. The first-order chi connectivity index (χ1) is 7.52. The summed E-state index contributed by atoms with van der Waals surface area (Å²) in [5.74, 6) is 1.31. The normalized spacial score (nSPS) is 10.9. The maximum Gasteiger partial charge on any atom is 0.125 e. The number of ether oxygens (including phenoxy) is 1. The van der Waals surface area contributed by atoms with Crippen LogP contribution in [0.5, 0.6) is 5.75 Å². The second kappa shape index (κ2) is 5.55. The van der Waals surface area contributed by atoms with Gasteiger partial charge in [-0.25, -0.2) is 0 Å². The monoisotopic (exact) mass is 241 g/mol. The summed E-state index contributed by atoms with van der Waals surface area (Å²) in [6.45, 7) is 6.89. The molecule has 0 atom stereocenters. The number of hydrogen-bond acceptors (Lipinski definition) is 2. The summed E-state index contributed by atoms with van der Waals surface area (Å²) in [6.07, 6.45) is 0.804. The van der Waals surface area contributed by atoms with Gasteiger partial charge in [0.2, 0.25) is 0 Å². The van der Waals surface area contributed by atoms with E-state index in [0.717, 1.165) is 33.9 Å². The van der Waals surface area contributed by atoms with Gasteiger partial charge in [-0.3, -0.25) is 0 Å². The lowest BCUT2D eigenvalue weighted by Gasteiger charge is -2.19. The van der Waals surface area contributed by atoms with Crippen molar-refractivity contribution in [1.82, 2.24) is 0 Å². The Morgan fingerprint density at radius 3 is 2.50 bits per heavy atom. The molecule has 90 valence electrons. The molecule has 0 amide bonds. The second-order valence-corrected chi connectivity index (χ2v) is 4.70. The van der Waals surface area contributed by atoms with Gasteiger partial charge in [0.1, 0.15) is 5.75 Å². The molecule has 0 heterocycles. The molecule has 1 aromatic carbocycles. The zero-order valence-electron chi connectivity index (χ0n) is 10.4. The first-order valence-electron chi connectivity index (χ1n) is 5.58. The average molecular weight is 242 g/mol. The fourth-order valence-electron chi connectivity index (χ4n) is 2.14. The molecule has 2 N–H and O–H groups in total. The number of rotatable bonds is 4. The van der Waals surface area contributed by atoms with Crippen LogP contribution < -0.4 is 10.5 Å². The van der Waals surface area contributed by atoms with Crippen molar-refractivity contribution in [2.75, 3.05) is 13.7 Å². The van der Waals surface area contributed by atoms with Crippen molar-refractivity contribution in [3.63, 3.8) is 0 Å². The van der Waals surface area contributed by atoms with Crippen LogP contribution in [-0.2, 0) is 6.42 Å². The predicted octanol–water partition coefficient (Wildman–Crippen LogP) is 3.28. The summed E-state index contributed by atoms with van der Waals surface area (Å²) < 4.78 is 5.46. The van der Waals surface area contributed by atoms with Crippen LogP contribution in [0, 0.1) is 6.92 Å². The summed E-state index contributed by atoms with van der Waals surface area (Å²) in [6, 6.07) is 1.97. The van der Waals surface area contributed by atoms with E-state index < -0.39 is 0 Å². The van der Waals surface area contributed by atoms with E-state index in [1.807, 2.05) is 13.0 Å². The molecule has 3 heteroatoms. The Morgan fingerprint density at radius 1 is 1.44 bits per heavy atom. The van der Waals surface area contributed by atoms with Gasteiger partial charge < -0.3 is 10.5 Å². The van der Waals surface area contributed by atoms with Gasteiger partial charge in [-0.15, -0.1) is 0 Å². The molecule has 1 aromatic rings. The Balaban J connectivity index is 3.45.